The van der Waals surface area contributed by atoms with Gasteiger partial charge in [0.1, 0.15) is 5.76 Å². The third-order valence-corrected chi connectivity index (χ3v) is 4.72. The Balaban J connectivity index is 2.12. The maximum atomic E-state index is 5.54. The lowest BCUT2D eigenvalue weighted by molar-refractivity contribution is 0.0395. The van der Waals surface area contributed by atoms with Crippen LogP contribution in [0.25, 0.3) is 0 Å². The second kappa shape index (κ2) is 6.10. The molecule has 19 heavy (non-hydrogen) atoms. The monoisotopic (exact) mass is 264 g/mol. The second-order valence-electron chi connectivity index (χ2n) is 6.16. The van der Waals surface area contributed by atoms with E-state index in [0.717, 1.165) is 25.4 Å². The molecule has 1 aliphatic rings. The van der Waals surface area contributed by atoms with Crippen molar-refractivity contribution in [1.82, 2.24) is 10.2 Å². The lowest BCUT2D eigenvalue weighted by atomic mass is 9.86. The highest BCUT2D eigenvalue weighted by Crippen LogP contribution is 2.27. The van der Waals surface area contributed by atoms with Crippen molar-refractivity contribution in [2.24, 2.45) is 5.92 Å². The Morgan fingerprint density at radius 1 is 1.42 bits per heavy atom. The lowest BCUT2D eigenvalue weighted by Gasteiger charge is -2.48. The van der Waals surface area contributed by atoms with E-state index in [0.29, 0.717) is 12.0 Å². The van der Waals surface area contributed by atoms with Gasteiger partial charge in [0.05, 0.1) is 12.8 Å². The van der Waals surface area contributed by atoms with E-state index in [2.05, 4.69) is 44.0 Å². The molecule has 0 amide bonds. The van der Waals surface area contributed by atoms with Crippen LogP contribution in [0, 0.1) is 5.92 Å². The first-order valence-electron chi connectivity index (χ1n) is 7.61. The smallest absolute Gasteiger partial charge is 0.117 e. The van der Waals surface area contributed by atoms with E-state index in [1.165, 1.54) is 12.8 Å². The van der Waals surface area contributed by atoms with Crippen LogP contribution in [0.1, 0.15) is 46.3 Å². The molecular weight excluding hydrogens is 236 g/mol. The number of hydrogen-bond donors (Lipinski definition) is 1. The molecule has 1 aromatic rings. The van der Waals surface area contributed by atoms with Gasteiger partial charge in [-0.25, -0.2) is 0 Å². The van der Waals surface area contributed by atoms with Crippen LogP contribution in [0.15, 0.2) is 22.8 Å². The topological polar surface area (TPSA) is 28.4 Å². The Morgan fingerprint density at radius 2 is 2.16 bits per heavy atom. The SMILES string of the molecule is CCC1(CC)CN(Cc2ccco2)C(C(C)C)CN1. The molecule has 0 spiro atoms. The molecule has 3 nitrogen and oxygen atoms in total. The van der Waals surface area contributed by atoms with Crippen LogP contribution < -0.4 is 5.32 Å². The molecule has 3 heteroatoms. The second-order valence-corrected chi connectivity index (χ2v) is 6.16. The normalized spacial score (nSPS) is 23.9. The standard InChI is InChI=1S/C16H28N2O/c1-5-16(6-2)12-18(11-14-8-7-9-19-14)15(10-17-16)13(3)4/h7-9,13,15,17H,5-6,10-12H2,1-4H3. The van der Waals surface area contributed by atoms with Crippen molar-refractivity contribution in [2.45, 2.75) is 58.7 Å². The number of hydrogen-bond acceptors (Lipinski definition) is 3. The van der Waals surface area contributed by atoms with Gasteiger partial charge in [-0.2, -0.15) is 0 Å². The maximum absolute atomic E-state index is 5.54. The highest BCUT2D eigenvalue weighted by atomic mass is 16.3. The quantitative estimate of drug-likeness (QED) is 0.885. The van der Waals surface area contributed by atoms with Gasteiger partial charge in [0.25, 0.3) is 0 Å². The largest absolute Gasteiger partial charge is 0.468 e. The number of piperazine rings is 1. The van der Waals surface area contributed by atoms with Crippen LogP contribution in [-0.4, -0.2) is 29.6 Å². The first-order valence-corrected chi connectivity index (χ1v) is 7.61. The summed E-state index contributed by atoms with van der Waals surface area (Å²) in [6.45, 7) is 12.3. The van der Waals surface area contributed by atoms with E-state index in [9.17, 15) is 0 Å². The third-order valence-electron chi connectivity index (χ3n) is 4.72. The predicted molar refractivity (Wildman–Crippen MR) is 79.1 cm³/mol. The highest BCUT2D eigenvalue weighted by Gasteiger charge is 2.37. The fraction of sp³-hybridized carbons (Fsp3) is 0.750. The van der Waals surface area contributed by atoms with Gasteiger partial charge >= 0.3 is 0 Å². The average molecular weight is 264 g/mol. The summed E-state index contributed by atoms with van der Waals surface area (Å²) in [6.07, 6.45) is 4.14. The first-order chi connectivity index (χ1) is 9.10. The van der Waals surface area contributed by atoms with Crippen LogP contribution in [0.4, 0.5) is 0 Å². The maximum Gasteiger partial charge on any atom is 0.117 e. The van der Waals surface area contributed by atoms with Crippen molar-refractivity contribution < 1.29 is 4.42 Å². The van der Waals surface area contributed by atoms with Crippen LogP contribution in [0.5, 0.6) is 0 Å². The van der Waals surface area contributed by atoms with Crippen LogP contribution >= 0.6 is 0 Å². The van der Waals surface area contributed by atoms with Crippen molar-refractivity contribution in [3.8, 4) is 0 Å². The Kier molecular flexibility index (Phi) is 4.69. The minimum atomic E-state index is 0.276. The zero-order valence-corrected chi connectivity index (χ0v) is 12.8. The van der Waals surface area contributed by atoms with Crippen LogP contribution in [0.2, 0.25) is 0 Å². The Labute approximate surface area is 117 Å². The van der Waals surface area contributed by atoms with Gasteiger partial charge in [0.15, 0.2) is 0 Å². The molecule has 0 bridgehead atoms. The molecule has 1 saturated heterocycles. The summed E-state index contributed by atoms with van der Waals surface area (Å²) in [7, 11) is 0. The molecule has 0 saturated carbocycles. The Hall–Kier alpha value is -0.800. The van der Waals surface area contributed by atoms with Crippen molar-refractivity contribution >= 4 is 0 Å². The minimum Gasteiger partial charge on any atom is -0.468 e. The predicted octanol–water partition coefficient (Wildman–Crippen LogP) is 3.27. The van der Waals surface area contributed by atoms with E-state index < -0.39 is 0 Å². The summed E-state index contributed by atoms with van der Waals surface area (Å²) < 4.78 is 5.54. The summed E-state index contributed by atoms with van der Waals surface area (Å²) in [6, 6.07) is 4.66. The van der Waals surface area contributed by atoms with Crippen molar-refractivity contribution in [1.29, 1.82) is 0 Å². The third kappa shape index (κ3) is 3.21. The number of furan rings is 1. The molecule has 0 radical (unpaired) electrons. The fourth-order valence-electron chi connectivity index (χ4n) is 3.17. The number of nitrogens with one attached hydrogen (secondary N) is 1. The van der Waals surface area contributed by atoms with Gasteiger partial charge < -0.3 is 9.73 Å². The lowest BCUT2D eigenvalue weighted by Crippen LogP contribution is -2.64. The minimum absolute atomic E-state index is 0.276. The Morgan fingerprint density at radius 3 is 2.68 bits per heavy atom. The van der Waals surface area contributed by atoms with Crippen molar-refractivity contribution in [3.63, 3.8) is 0 Å². The van der Waals surface area contributed by atoms with E-state index in [1.54, 1.807) is 6.26 Å². The summed E-state index contributed by atoms with van der Waals surface area (Å²) in [5.74, 6) is 1.74. The molecule has 1 N–H and O–H groups in total. The van der Waals surface area contributed by atoms with Crippen LogP contribution in [0.3, 0.4) is 0 Å². The van der Waals surface area contributed by atoms with Gasteiger partial charge in [-0.3, -0.25) is 4.90 Å². The van der Waals surface area contributed by atoms with E-state index in [1.807, 2.05) is 6.07 Å². The summed E-state index contributed by atoms with van der Waals surface area (Å²) in [4.78, 5) is 2.60. The van der Waals surface area contributed by atoms with Crippen molar-refractivity contribution in [2.75, 3.05) is 13.1 Å². The number of nitrogens with zero attached hydrogens (tertiary/aromatic N) is 1. The van der Waals surface area contributed by atoms with Gasteiger partial charge in [-0.15, -0.1) is 0 Å². The van der Waals surface area contributed by atoms with E-state index in [-0.39, 0.29) is 5.54 Å². The molecule has 1 atom stereocenters. The zero-order valence-electron chi connectivity index (χ0n) is 12.8. The highest BCUT2D eigenvalue weighted by molar-refractivity contribution is 5.03. The molecule has 2 heterocycles. The Bertz CT molecular complexity index is 368. The van der Waals surface area contributed by atoms with Gasteiger partial charge in [-0.05, 0) is 30.9 Å². The van der Waals surface area contributed by atoms with Crippen molar-refractivity contribution in [3.05, 3.63) is 24.2 Å². The molecule has 1 aromatic heterocycles. The summed E-state index contributed by atoms with van der Waals surface area (Å²) in [5.41, 5.74) is 0.276. The molecule has 108 valence electrons. The van der Waals surface area contributed by atoms with Gasteiger partial charge in [0.2, 0.25) is 0 Å². The van der Waals surface area contributed by atoms with Crippen LogP contribution in [-0.2, 0) is 6.54 Å². The van der Waals surface area contributed by atoms with Gasteiger partial charge in [0, 0.05) is 24.7 Å². The van der Waals surface area contributed by atoms with Gasteiger partial charge in [-0.1, -0.05) is 27.7 Å². The fourth-order valence-corrected chi connectivity index (χ4v) is 3.17. The molecule has 1 aliphatic heterocycles. The van der Waals surface area contributed by atoms with E-state index >= 15 is 0 Å². The first kappa shape index (κ1) is 14.6. The number of rotatable bonds is 5. The zero-order chi connectivity index (χ0) is 13.9. The summed E-state index contributed by atoms with van der Waals surface area (Å²) in [5, 5.41) is 3.80. The molecule has 1 unspecified atom stereocenters. The molecule has 2 rings (SSSR count). The van der Waals surface area contributed by atoms with E-state index in [4.69, 9.17) is 4.42 Å². The molecule has 1 fully saturated rings. The molecule has 0 aliphatic carbocycles. The average Bonchev–Trinajstić information content (AvgIpc) is 2.91. The molecular formula is C16H28N2O. The molecule has 0 aromatic carbocycles. The summed E-state index contributed by atoms with van der Waals surface area (Å²) >= 11 is 0.